The van der Waals surface area contributed by atoms with Gasteiger partial charge in [-0.05, 0) is 24.5 Å². The van der Waals surface area contributed by atoms with Gasteiger partial charge in [0.1, 0.15) is 5.01 Å². The van der Waals surface area contributed by atoms with Gasteiger partial charge in [0.15, 0.2) is 0 Å². The maximum atomic E-state index is 12.8. The maximum absolute atomic E-state index is 12.8. The molecule has 1 heterocycles. The first kappa shape index (κ1) is 14.1. The molecule has 23 heavy (non-hydrogen) atoms. The van der Waals surface area contributed by atoms with Gasteiger partial charge in [0, 0.05) is 11.1 Å². The number of nitrogens with zero attached hydrogens (tertiary/aromatic N) is 1. The highest BCUT2D eigenvalue weighted by atomic mass is 32.1. The minimum Gasteiger partial charge on any atom is -0.288 e. The van der Waals surface area contributed by atoms with Gasteiger partial charge in [-0.2, -0.15) is 0 Å². The van der Waals surface area contributed by atoms with E-state index in [1.807, 2.05) is 66.7 Å². The Morgan fingerprint density at radius 3 is 2.35 bits per heavy atom. The van der Waals surface area contributed by atoms with E-state index in [4.69, 9.17) is 0 Å². The van der Waals surface area contributed by atoms with Gasteiger partial charge in [0.05, 0.1) is 10.6 Å². The fourth-order valence-corrected chi connectivity index (χ4v) is 3.90. The predicted molar refractivity (Wildman–Crippen MR) is 94.6 cm³/mol. The fraction of sp³-hybridized carbons (Fsp3) is 0.100. The van der Waals surface area contributed by atoms with Crippen molar-refractivity contribution < 1.29 is 4.79 Å². The molecular weight excluding hydrogens is 302 g/mol. The number of allylic oxidation sites excluding steroid dienone is 1. The molecule has 4 rings (SSSR count). The third-order valence-electron chi connectivity index (χ3n) is 3.99. The lowest BCUT2D eigenvalue weighted by Gasteiger charge is -2.12. The van der Waals surface area contributed by atoms with Crippen LogP contribution < -0.4 is 0 Å². The molecule has 0 unspecified atom stereocenters. The van der Waals surface area contributed by atoms with Crippen LogP contribution in [-0.4, -0.2) is 10.8 Å². The van der Waals surface area contributed by atoms with E-state index in [-0.39, 0.29) is 5.78 Å². The average Bonchev–Trinajstić information content (AvgIpc) is 3.04. The second-order valence-electron chi connectivity index (χ2n) is 5.57. The van der Waals surface area contributed by atoms with Crippen LogP contribution >= 0.6 is 11.3 Å². The molecule has 2 aromatic carbocycles. The lowest BCUT2D eigenvalue weighted by Crippen LogP contribution is -2.11. The summed E-state index contributed by atoms with van der Waals surface area (Å²) in [5.41, 5.74) is 3.98. The number of rotatable bonds is 2. The molecule has 0 spiro atoms. The van der Waals surface area contributed by atoms with Crippen LogP contribution in [0.3, 0.4) is 0 Å². The Morgan fingerprint density at radius 1 is 0.913 bits per heavy atom. The number of aromatic nitrogens is 1. The van der Waals surface area contributed by atoms with Gasteiger partial charge < -0.3 is 0 Å². The molecule has 0 saturated heterocycles. The van der Waals surface area contributed by atoms with Crippen molar-refractivity contribution in [2.45, 2.75) is 12.8 Å². The van der Waals surface area contributed by atoms with Gasteiger partial charge in [0.25, 0.3) is 0 Å². The first-order valence-electron chi connectivity index (χ1n) is 7.67. The van der Waals surface area contributed by atoms with Crippen LogP contribution in [0.2, 0.25) is 0 Å². The smallest absolute Gasteiger partial charge is 0.200 e. The average molecular weight is 317 g/mol. The van der Waals surface area contributed by atoms with E-state index in [0.717, 1.165) is 45.1 Å². The van der Waals surface area contributed by atoms with E-state index in [0.29, 0.717) is 0 Å². The highest BCUT2D eigenvalue weighted by molar-refractivity contribution is 7.17. The SMILES string of the molecule is O=C1/C(=C/c2ccccc2)CCc2nc(-c3ccccc3)sc21. The van der Waals surface area contributed by atoms with Gasteiger partial charge in [-0.1, -0.05) is 60.7 Å². The molecule has 1 aliphatic rings. The monoisotopic (exact) mass is 317 g/mol. The Labute approximate surface area is 139 Å². The van der Waals surface area contributed by atoms with Gasteiger partial charge in [-0.15, -0.1) is 11.3 Å². The van der Waals surface area contributed by atoms with Crippen LogP contribution in [0.5, 0.6) is 0 Å². The van der Waals surface area contributed by atoms with Crippen molar-refractivity contribution in [3.05, 3.63) is 82.4 Å². The third kappa shape index (κ3) is 2.76. The van der Waals surface area contributed by atoms with E-state index in [9.17, 15) is 4.79 Å². The number of hydrogen-bond donors (Lipinski definition) is 0. The summed E-state index contributed by atoms with van der Waals surface area (Å²) in [5.74, 6) is 0.134. The molecule has 0 amide bonds. The molecule has 112 valence electrons. The normalized spacial score (nSPS) is 15.7. The summed E-state index contributed by atoms with van der Waals surface area (Å²) in [7, 11) is 0. The standard InChI is InChI=1S/C20H15NOS/c22-18-16(13-14-7-3-1-4-8-14)11-12-17-19(18)23-20(21-17)15-9-5-2-6-10-15/h1-10,13H,11-12H2/b16-13+. The van der Waals surface area contributed by atoms with Crippen molar-refractivity contribution in [2.24, 2.45) is 0 Å². The fourth-order valence-electron chi connectivity index (χ4n) is 2.80. The number of aryl methyl sites for hydroxylation is 1. The van der Waals surface area contributed by atoms with Crippen LogP contribution in [0.25, 0.3) is 16.6 Å². The summed E-state index contributed by atoms with van der Waals surface area (Å²) in [5, 5.41) is 0.935. The van der Waals surface area contributed by atoms with E-state index in [1.165, 1.54) is 11.3 Å². The zero-order chi connectivity index (χ0) is 15.6. The largest absolute Gasteiger partial charge is 0.288 e. The lowest BCUT2D eigenvalue weighted by molar-refractivity contribution is 0.103. The Kier molecular flexibility index (Phi) is 3.64. The number of Topliss-reactive ketones (excluding diaryl/α,β-unsaturated/α-hetero) is 1. The van der Waals surface area contributed by atoms with Crippen molar-refractivity contribution in [1.82, 2.24) is 4.98 Å². The summed E-state index contributed by atoms with van der Waals surface area (Å²) >= 11 is 1.51. The van der Waals surface area contributed by atoms with Crippen LogP contribution in [-0.2, 0) is 6.42 Å². The molecule has 3 heteroatoms. The topological polar surface area (TPSA) is 30.0 Å². The molecule has 1 aromatic heterocycles. The minimum absolute atomic E-state index is 0.134. The first-order valence-corrected chi connectivity index (χ1v) is 8.48. The van der Waals surface area contributed by atoms with E-state index < -0.39 is 0 Å². The van der Waals surface area contributed by atoms with Crippen molar-refractivity contribution in [1.29, 1.82) is 0 Å². The van der Waals surface area contributed by atoms with E-state index in [2.05, 4.69) is 4.98 Å². The third-order valence-corrected chi connectivity index (χ3v) is 5.13. The summed E-state index contributed by atoms with van der Waals surface area (Å²) in [6.07, 6.45) is 3.61. The molecule has 1 aliphatic carbocycles. The molecule has 0 N–H and O–H groups in total. The number of ketones is 1. The number of hydrogen-bond acceptors (Lipinski definition) is 3. The van der Waals surface area contributed by atoms with E-state index in [1.54, 1.807) is 0 Å². The van der Waals surface area contributed by atoms with Crippen molar-refractivity contribution in [3.63, 3.8) is 0 Å². The minimum atomic E-state index is 0.134. The number of thiazole rings is 1. The molecule has 0 radical (unpaired) electrons. The first-order chi connectivity index (χ1) is 11.3. The van der Waals surface area contributed by atoms with Crippen molar-refractivity contribution in [2.75, 3.05) is 0 Å². The van der Waals surface area contributed by atoms with Crippen molar-refractivity contribution in [3.8, 4) is 10.6 Å². The molecular formula is C20H15NOS. The Morgan fingerprint density at radius 2 is 1.61 bits per heavy atom. The van der Waals surface area contributed by atoms with Gasteiger partial charge in [-0.3, -0.25) is 4.79 Å². The zero-order valence-corrected chi connectivity index (χ0v) is 13.3. The highest BCUT2D eigenvalue weighted by Gasteiger charge is 2.26. The molecule has 0 saturated carbocycles. The second kappa shape index (κ2) is 5.94. The van der Waals surface area contributed by atoms with Crippen LogP contribution in [0.1, 0.15) is 27.3 Å². The van der Waals surface area contributed by atoms with Gasteiger partial charge >= 0.3 is 0 Å². The quantitative estimate of drug-likeness (QED) is 0.621. The lowest BCUT2D eigenvalue weighted by atomic mass is 9.94. The molecule has 0 aliphatic heterocycles. The molecule has 0 fully saturated rings. The van der Waals surface area contributed by atoms with Gasteiger partial charge in [-0.25, -0.2) is 4.98 Å². The molecule has 0 atom stereocenters. The zero-order valence-electron chi connectivity index (χ0n) is 12.5. The van der Waals surface area contributed by atoms with E-state index >= 15 is 0 Å². The highest BCUT2D eigenvalue weighted by Crippen LogP contribution is 2.34. The summed E-state index contributed by atoms with van der Waals surface area (Å²) in [6.45, 7) is 0. The Bertz CT molecular complexity index is 879. The number of carbonyl (C=O) groups excluding carboxylic acids is 1. The van der Waals surface area contributed by atoms with Crippen LogP contribution in [0, 0.1) is 0 Å². The summed E-state index contributed by atoms with van der Waals surface area (Å²) in [6, 6.07) is 20.1. The summed E-state index contributed by atoms with van der Waals surface area (Å²) in [4.78, 5) is 18.3. The second-order valence-corrected chi connectivity index (χ2v) is 6.57. The Balaban J connectivity index is 1.70. The molecule has 2 nitrogen and oxygen atoms in total. The van der Waals surface area contributed by atoms with Crippen LogP contribution in [0.4, 0.5) is 0 Å². The molecule has 0 bridgehead atoms. The Hall–Kier alpha value is -2.52. The number of fused-ring (bicyclic) bond motifs is 1. The number of carbonyl (C=O) groups is 1. The van der Waals surface area contributed by atoms with Crippen LogP contribution in [0.15, 0.2) is 66.2 Å². The maximum Gasteiger partial charge on any atom is 0.200 e. The summed E-state index contributed by atoms with van der Waals surface area (Å²) < 4.78 is 0. The van der Waals surface area contributed by atoms with Crippen molar-refractivity contribution >= 4 is 23.2 Å². The number of benzene rings is 2. The van der Waals surface area contributed by atoms with Gasteiger partial charge in [0.2, 0.25) is 5.78 Å². The predicted octanol–water partition coefficient (Wildman–Crippen LogP) is 5.02. The molecule has 3 aromatic rings.